The standard InChI is InChI=1S/C17H27BN2O2/c1-16(2)17(3,4)22-18(21-16)13-10-15(20-11-14(13)19)12-8-6-5-7-9-12/h10-12H,5-9,19H2,1-4H3. The summed E-state index contributed by atoms with van der Waals surface area (Å²) in [5, 5.41) is 0. The van der Waals surface area contributed by atoms with Crippen molar-refractivity contribution in [3.63, 3.8) is 0 Å². The molecular formula is C17H27BN2O2. The van der Waals surface area contributed by atoms with Crippen LogP contribution in [0.2, 0.25) is 0 Å². The highest BCUT2D eigenvalue weighted by Crippen LogP contribution is 2.37. The Morgan fingerprint density at radius 3 is 2.27 bits per heavy atom. The largest absolute Gasteiger partial charge is 0.497 e. The van der Waals surface area contributed by atoms with Gasteiger partial charge in [-0.2, -0.15) is 0 Å². The molecule has 0 unspecified atom stereocenters. The van der Waals surface area contributed by atoms with Gasteiger partial charge in [0.05, 0.1) is 11.2 Å². The first-order valence-electron chi connectivity index (χ1n) is 8.41. The van der Waals surface area contributed by atoms with E-state index in [9.17, 15) is 0 Å². The first-order valence-corrected chi connectivity index (χ1v) is 8.41. The summed E-state index contributed by atoms with van der Waals surface area (Å²) in [5.74, 6) is 0.551. The Kier molecular flexibility index (Phi) is 3.98. The zero-order valence-corrected chi connectivity index (χ0v) is 14.2. The van der Waals surface area contributed by atoms with Crippen LogP contribution >= 0.6 is 0 Å². The second-order valence-corrected chi connectivity index (χ2v) is 7.66. The predicted octanol–water partition coefficient (Wildman–Crippen LogP) is 3.01. The number of nitrogen functional groups attached to an aromatic ring is 1. The molecule has 0 spiro atoms. The monoisotopic (exact) mass is 302 g/mol. The Labute approximate surface area is 133 Å². The Balaban J connectivity index is 1.88. The summed E-state index contributed by atoms with van der Waals surface area (Å²) in [5.41, 5.74) is 8.17. The minimum atomic E-state index is -0.407. The summed E-state index contributed by atoms with van der Waals surface area (Å²) in [7, 11) is -0.407. The van der Waals surface area contributed by atoms with Crippen molar-refractivity contribution in [3.05, 3.63) is 18.0 Å². The molecule has 2 fully saturated rings. The van der Waals surface area contributed by atoms with Gasteiger partial charge in [-0.05, 0) is 46.6 Å². The van der Waals surface area contributed by atoms with E-state index in [2.05, 4.69) is 38.7 Å². The zero-order chi connectivity index (χ0) is 16.0. The minimum Gasteiger partial charge on any atom is -0.399 e. The number of nitrogens with two attached hydrogens (primary N) is 1. The quantitative estimate of drug-likeness (QED) is 0.853. The zero-order valence-electron chi connectivity index (χ0n) is 14.2. The van der Waals surface area contributed by atoms with Gasteiger partial charge in [-0.1, -0.05) is 19.3 Å². The maximum Gasteiger partial charge on any atom is 0.497 e. The summed E-state index contributed by atoms with van der Waals surface area (Å²) in [4.78, 5) is 4.57. The Morgan fingerprint density at radius 2 is 1.68 bits per heavy atom. The molecule has 0 radical (unpaired) electrons. The number of anilines is 1. The van der Waals surface area contributed by atoms with Crippen LogP contribution in [0, 0.1) is 0 Å². The highest BCUT2D eigenvalue weighted by Gasteiger charge is 2.52. The lowest BCUT2D eigenvalue weighted by molar-refractivity contribution is 0.00578. The molecule has 2 N–H and O–H groups in total. The van der Waals surface area contributed by atoms with Crippen molar-refractivity contribution in [2.45, 2.75) is 76.9 Å². The number of pyridine rings is 1. The molecule has 2 heterocycles. The summed E-state index contributed by atoms with van der Waals surface area (Å²) < 4.78 is 12.3. The van der Waals surface area contributed by atoms with E-state index in [0.29, 0.717) is 11.6 Å². The van der Waals surface area contributed by atoms with Gasteiger partial charge in [-0.15, -0.1) is 0 Å². The molecule has 22 heavy (non-hydrogen) atoms. The molecule has 1 saturated heterocycles. The molecule has 0 amide bonds. The smallest absolute Gasteiger partial charge is 0.399 e. The van der Waals surface area contributed by atoms with Crippen LogP contribution in [0.4, 0.5) is 5.69 Å². The number of nitrogens with zero attached hydrogens (tertiary/aromatic N) is 1. The summed E-state index contributed by atoms with van der Waals surface area (Å²) >= 11 is 0. The molecule has 1 aliphatic heterocycles. The number of hydrogen-bond donors (Lipinski definition) is 1. The van der Waals surface area contributed by atoms with E-state index >= 15 is 0 Å². The van der Waals surface area contributed by atoms with Crippen molar-refractivity contribution in [1.29, 1.82) is 0 Å². The molecule has 0 bridgehead atoms. The van der Waals surface area contributed by atoms with E-state index in [1.54, 1.807) is 6.20 Å². The lowest BCUT2D eigenvalue weighted by atomic mass is 9.76. The molecule has 4 nitrogen and oxygen atoms in total. The van der Waals surface area contributed by atoms with Crippen molar-refractivity contribution in [2.24, 2.45) is 0 Å². The lowest BCUT2D eigenvalue weighted by Crippen LogP contribution is -2.41. The summed E-state index contributed by atoms with van der Waals surface area (Å²) in [6, 6.07) is 2.10. The average molecular weight is 302 g/mol. The molecule has 120 valence electrons. The molecule has 1 aromatic rings. The van der Waals surface area contributed by atoms with Gasteiger partial charge >= 0.3 is 7.12 Å². The number of hydrogen-bond acceptors (Lipinski definition) is 4. The van der Waals surface area contributed by atoms with E-state index in [-0.39, 0.29) is 11.2 Å². The molecule has 2 aliphatic rings. The molecule has 1 aliphatic carbocycles. The number of rotatable bonds is 2. The first-order chi connectivity index (χ1) is 10.3. The lowest BCUT2D eigenvalue weighted by Gasteiger charge is -2.32. The van der Waals surface area contributed by atoms with E-state index in [4.69, 9.17) is 15.0 Å². The van der Waals surface area contributed by atoms with Gasteiger partial charge in [0.25, 0.3) is 0 Å². The van der Waals surface area contributed by atoms with Crippen LogP contribution in [0.3, 0.4) is 0 Å². The van der Waals surface area contributed by atoms with E-state index in [1.165, 1.54) is 32.1 Å². The van der Waals surface area contributed by atoms with Crippen molar-refractivity contribution < 1.29 is 9.31 Å². The Hall–Kier alpha value is -1.07. The normalized spacial score (nSPS) is 24.6. The molecule has 0 aromatic carbocycles. The van der Waals surface area contributed by atoms with E-state index in [1.807, 2.05) is 0 Å². The minimum absolute atomic E-state index is 0.349. The molecule has 0 atom stereocenters. The Bertz CT molecular complexity index is 538. The van der Waals surface area contributed by atoms with Crippen LogP contribution < -0.4 is 11.2 Å². The highest BCUT2D eigenvalue weighted by molar-refractivity contribution is 6.63. The van der Waals surface area contributed by atoms with Gasteiger partial charge in [-0.25, -0.2) is 0 Å². The van der Waals surface area contributed by atoms with Crippen LogP contribution in [0.5, 0.6) is 0 Å². The summed E-state index contributed by atoms with van der Waals surface area (Å²) in [6.07, 6.45) is 8.14. The molecule has 5 heteroatoms. The van der Waals surface area contributed by atoms with Crippen LogP contribution in [-0.4, -0.2) is 23.3 Å². The fraction of sp³-hybridized carbons (Fsp3) is 0.706. The average Bonchev–Trinajstić information content (AvgIpc) is 2.69. The fourth-order valence-electron chi connectivity index (χ4n) is 3.29. The molecular weight excluding hydrogens is 275 g/mol. The van der Waals surface area contributed by atoms with Crippen molar-refractivity contribution in [3.8, 4) is 0 Å². The van der Waals surface area contributed by atoms with Gasteiger partial charge in [0, 0.05) is 29.0 Å². The van der Waals surface area contributed by atoms with Gasteiger partial charge in [-0.3, -0.25) is 4.98 Å². The van der Waals surface area contributed by atoms with Gasteiger partial charge < -0.3 is 15.0 Å². The van der Waals surface area contributed by atoms with Gasteiger partial charge in [0.1, 0.15) is 0 Å². The third-order valence-corrected chi connectivity index (χ3v) is 5.52. The van der Waals surface area contributed by atoms with E-state index in [0.717, 1.165) is 11.2 Å². The molecule has 3 rings (SSSR count). The van der Waals surface area contributed by atoms with Crippen LogP contribution in [0.25, 0.3) is 0 Å². The second-order valence-electron chi connectivity index (χ2n) is 7.66. The summed E-state index contributed by atoms with van der Waals surface area (Å²) in [6.45, 7) is 8.25. The van der Waals surface area contributed by atoms with Crippen molar-refractivity contribution >= 4 is 18.3 Å². The maximum atomic E-state index is 6.15. The van der Waals surface area contributed by atoms with Crippen molar-refractivity contribution in [2.75, 3.05) is 5.73 Å². The first kappa shape index (κ1) is 15.8. The van der Waals surface area contributed by atoms with Crippen LogP contribution in [0.1, 0.15) is 71.4 Å². The van der Waals surface area contributed by atoms with Gasteiger partial charge in [0.2, 0.25) is 0 Å². The topological polar surface area (TPSA) is 57.4 Å². The maximum absolute atomic E-state index is 6.15. The SMILES string of the molecule is CC1(C)OB(c2cc(C3CCCCC3)ncc2N)OC1(C)C. The van der Waals surface area contributed by atoms with Gasteiger partial charge in [0.15, 0.2) is 0 Å². The number of aromatic nitrogens is 1. The van der Waals surface area contributed by atoms with Crippen LogP contribution in [-0.2, 0) is 9.31 Å². The third kappa shape index (κ3) is 2.76. The van der Waals surface area contributed by atoms with Crippen molar-refractivity contribution in [1.82, 2.24) is 4.98 Å². The van der Waals surface area contributed by atoms with E-state index < -0.39 is 7.12 Å². The molecule has 1 aromatic heterocycles. The predicted molar refractivity (Wildman–Crippen MR) is 90.2 cm³/mol. The van der Waals surface area contributed by atoms with Crippen LogP contribution in [0.15, 0.2) is 12.3 Å². The molecule has 1 saturated carbocycles. The highest BCUT2D eigenvalue weighted by atomic mass is 16.7. The second kappa shape index (κ2) is 5.53. The Morgan fingerprint density at radius 1 is 1.09 bits per heavy atom. The third-order valence-electron chi connectivity index (χ3n) is 5.52. The fourth-order valence-corrected chi connectivity index (χ4v) is 3.29.